The smallest absolute Gasteiger partial charge is 0.163 e. The summed E-state index contributed by atoms with van der Waals surface area (Å²) in [5.74, 6) is 5.23. The number of rotatable bonds is 1. The molecule has 0 aliphatic heterocycles. The Morgan fingerprint density at radius 3 is 2.19 bits per heavy atom. The largest absolute Gasteiger partial charge is 0.395 e. The molecule has 4 aliphatic rings. The zero-order valence-corrected chi connectivity index (χ0v) is 9.43. The van der Waals surface area contributed by atoms with Crippen molar-refractivity contribution in [3.8, 4) is 0 Å². The minimum Gasteiger partial charge on any atom is -0.395 e. The van der Waals surface area contributed by atoms with Crippen molar-refractivity contribution in [2.45, 2.75) is 38.0 Å². The van der Waals surface area contributed by atoms with Crippen molar-refractivity contribution < 1.29 is 4.52 Å². The third-order valence-electron chi connectivity index (χ3n) is 5.16. The summed E-state index contributed by atoms with van der Waals surface area (Å²) in [4.78, 5) is 0. The van der Waals surface area contributed by atoms with Gasteiger partial charge in [0.2, 0.25) is 0 Å². The van der Waals surface area contributed by atoms with E-state index in [1.165, 1.54) is 32.1 Å². The van der Waals surface area contributed by atoms with E-state index in [1.54, 1.807) is 6.20 Å². The lowest BCUT2D eigenvalue weighted by Crippen LogP contribution is -2.43. The second kappa shape index (κ2) is 3.02. The Bertz CT molecular complexity index is 384. The molecule has 0 amide bonds. The molecule has 4 bridgehead atoms. The molecule has 3 nitrogen and oxygen atoms in total. The first-order chi connectivity index (χ1) is 7.81. The Kier molecular flexibility index (Phi) is 1.72. The molecule has 2 N–H and O–H groups in total. The van der Waals surface area contributed by atoms with Crippen LogP contribution in [0.5, 0.6) is 0 Å². The zero-order chi connectivity index (χ0) is 10.7. The molecule has 1 aromatic rings. The highest BCUT2D eigenvalue weighted by atomic mass is 16.5. The van der Waals surface area contributed by atoms with Gasteiger partial charge < -0.3 is 10.3 Å². The Morgan fingerprint density at radius 1 is 1.06 bits per heavy atom. The summed E-state index contributed by atoms with van der Waals surface area (Å²) in [7, 11) is 0. The fraction of sp³-hybridized carbons (Fsp3) is 0.769. The Labute approximate surface area is 95.4 Å². The van der Waals surface area contributed by atoms with Crippen LogP contribution in [-0.4, -0.2) is 5.16 Å². The molecule has 4 aliphatic carbocycles. The minimum absolute atomic E-state index is 0.579. The summed E-state index contributed by atoms with van der Waals surface area (Å²) in [6, 6.07) is 0. The average molecular weight is 218 g/mol. The van der Waals surface area contributed by atoms with Crippen molar-refractivity contribution in [2.75, 3.05) is 5.73 Å². The van der Waals surface area contributed by atoms with Crippen molar-refractivity contribution >= 4 is 5.69 Å². The molecular formula is C13H18N2O. The van der Waals surface area contributed by atoms with Gasteiger partial charge in [-0.15, -0.1) is 0 Å². The van der Waals surface area contributed by atoms with Crippen LogP contribution in [0.3, 0.4) is 0 Å². The SMILES string of the molecule is Nc1cnoc1C1C2CC3CC(C2)CC1C3. The molecule has 0 aromatic carbocycles. The van der Waals surface area contributed by atoms with E-state index in [0.29, 0.717) is 5.92 Å². The van der Waals surface area contributed by atoms with Gasteiger partial charge in [0.05, 0.1) is 11.9 Å². The van der Waals surface area contributed by atoms with Gasteiger partial charge >= 0.3 is 0 Å². The standard InChI is InChI=1S/C13H18N2O/c14-11-6-15-16-13(11)12-9-2-7-1-8(4-9)5-10(12)3-7/h6-10,12H,1-5,14H2. The molecule has 5 rings (SSSR count). The maximum absolute atomic E-state index is 5.96. The second-order valence-corrected chi connectivity index (χ2v) is 6.10. The van der Waals surface area contributed by atoms with Crippen LogP contribution in [0.4, 0.5) is 5.69 Å². The maximum Gasteiger partial charge on any atom is 0.163 e. The monoisotopic (exact) mass is 218 g/mol. The van der Waals surface area contributed by atoms with Gasteiger partial charge in [-0.3, -0.25) is 0 Å². The Morgan fingerprint density at radius 2 is 1.69 bits per heavy atom. The van der Waals surface area contributed by atoms with Crippen LogP contribution in [0.25, 0.3) is 0 Å². The summed E-state index contributed by atoms with van der Waals surface area (Å²) in [5.41, 5.74) is 6.74. The summed E-state index contributed by atoms with van der Waals surface area (Å²) >= 11 is 0. The Balaban J connectivity index is 1.72. The lowest BCUT2D eigenvalue weighted by Gasteiger charge is -2.53. The van der Waals surface area contributed by atoms with E-state index in [-0.39, 0.29) is 0 Å². The van der Waals surface area contributed by atoms with Crippen LogP contribution in [0.2, 0.25) is 0 Å². The van der Waals surface area contributed by atoms with Crippen LogP contribution in [0.15, 0.2) is 10.7 Å². The van der Waals surface area contributed by atoms with Gasteiger partial charge in [-0.1, -0.05) is 5.16 Å². The first-order valence-corrected chi connectivity index (χ1v) is 6.51. The first kappa shape index (κ1) is 9.08. The maximum atomic E-state index is 5.96. The van der Waals surface area contributed by atoms with E-state index in [2.05, 4.69) is 5.16 Å². The predicted octanol–water partition coefficient (Wildman–Crippen LogP) is 2.80. The molecular weight excluding hydrogens is 200 g/mol. The molecule has 16 heavy (non-hydrogen) atoms. The zero-order valence-electron chi connectivity index (χ0n) is 9.43. The van der Waals surface area contributed by atoms with Gasteiger partial charge in [-0.25, -0.2) is 0 Å². The van der Waals surface area contributed by atoms with E-state index >= 15 is 0 Å². The third kappa shape index (κ3) is 1.12. The lowest BCUT2D eigenvalue weighted by atomic mass is 9.51. The number of aromatic nitrogens is 1. The molecule has 0 radical (unpaired) electrons. The quantitative estimate of drug-likeness (QED) is 0.788. The minimum atomic E-state index is 0.579. The number of hydrogen-bond donors (Lipinski definition) is 1. The first-order valence-electron chi connectivity index (χ1n) is 6.51. The average Bonchev–Trinajstić information content (AvgIpc) is 2.63. The molecule has 86 valence electrons. The number of nitrogens with two attached hydrogens (primary N) is 1. The van der Waals surface area contributed by atoms with Crippen molar-refractivity contribution in [3.63, 3.8) is 0 Å². The van der Waals surface area contributed by atoms with Gasteiger partial charge in [0.25, 0.3) is 0 Å². The topological polar surface area (TPSA) is 52.0 Å². The van der Waals surface area contributed by atoms with Crippen molar-refractivity contribution in [2.24, 2.45) is 23.7 Å². The molecule has 0 spiro atoms. The van der Waals surface area contributed by atoms with Gasteiger partial charge in [0.15, 0.2) is 5.76 Å². The van der Waals surface area contributed by atoms with Crippen LogP contribution >= 0.6 is 0 Å². The van der Waals surface area contributed by atoms with E-state index < -0.39 is 0 Å². The normalized spacial score (nSPS) is 45.1. The highest BCUT2D eigenvalue weighted by molar-refractivity contribution is 5.41. The van der Waals surface area contributed by atoms with E-state index in [4.69, 9.17) is 10.3 Å². The number of nitrogens with zero attached hydrogens (tertiary/aromatic N) is 1. The fourth-order valence-electron chi connectivity index (χ4n) is 4.86. The summed E-state index contributed by atoms with van der Waals surface area (Å²) < 4.78 is 5.42. The Hall–Kier alpha value is -0.990. The summed E-state index contributed by atoms with van der Waals surface area (Å²) in [6.45, 7) is 0. The van der Waals surface area contributed by atoms with E-state index in [9.17, 15) is 0 Å². The van der Waals surface area contributed by atoms with E-state index in [1.807, 2.05) is 0 Å². The third-order valence-corrected chi connectivity index (χ3v) is 5.16. The molecule has 3 heteroatoms. The fourth-order valence-corrected chi connectivity index (χ4v) is 4.86. The van der Waals surface area contributed by atoms with Crippen LogP contribution in [0, 0.1) is 23.7 Å². The van der Waals surface area contributed by atoms with Gasteiger partial charge in [-0.2, -0.15) is 0 Å². The molecule has 4 fully saturated rings. The van der Waals surface area contributed by atoms with Crippen molar-refractivity contribution in [1.82, 2.24) is 5.16 Å². The van der Waals surface area contributed by atoms with Crippen LogP contribution in [0.1, 0.15) is 43.8 Å². The highest BCUT2D eigenvalue weighted by Crippen LogP contribution is 2.60. The van der Waals surface area contributed by atoms with Gasteiger partial charge in [-0.05, 0) is 55.8 Å². The molecule has 0 atom stereocenters. The lowest BCUT2D eigenvalue weighted by molar-refractivity contribution is -0.0110. The van der Waals surface area contributed by atoms with E-state index in [0.717, 1.165) is 35.1 Å². The number of anilines is 1. The predicted molar refractivity (Wildman–Crippen MR) is 60.7 cm³/mol. The molecule has 1 aromatic heterocycles. The van der Waals surface area contributed by atoms with Crippen LogP contribution < -0.4 is 5.73 Å². The molecule has 1 heterocycles. The second-order valence-electron chi connectivity index (χ2n) is 6.10. The summed E-state index contributed by atoms with van der Waals surface area (Å²) in [5, 5.41) is 3.85. The molecule has 0 saturated heterocycles. The molecule has 4 saturated carbocycles. The van der Waals surface area contributed by atoms with Crippen molar-refractivity contribution in [1.29, 1.82) is 0 Å². The van der Waals surface area contributed by atoms with Gasteiger partial charge in [0.1, 0.15) is 0 Å². The highest BCUT2D eigenvalue weighted by Gasteiger charge is 2.50. The number of hydrogen-bond acceptors (Lipinski definition) is 3. The summed E-state index contributed by atoms with van der Waals surface area (Å²) in [6.07, 6.45) is 8.76. The van der Waals surface area contributed by atoms with Crippen molar-refractivity contribution in [3.05, 3.63) is 12.0 Å². The molecule has 0 unspecified atom stereocenters. The number of nitrogen functional groups attached to an aromatic ring is 1. The van der Waals surface area contributed by atoms with Gasteiger partial charge in [0, 0.05) is 5.92 Å². The van der Waals surface area contributed by atoms with Crippen LogP contribution in [-0.2, 0) is 0 Å².